The largest absolute Gasteiger partial charge is 0.353 e. The standard InChI is InChI=1S/C14H21ClN4/c15-12-6-4-5-11(9-12)10-17-14(19-16)18-13-7-2-1-3-8-13/h4-6,9,13H,1-3,7-8,10,16H2,(H2,17,18,19). The maximum Gasteiger partial charge on any atom is 0.206 e. The summed E-state index contributed by atoms with van der Waals surface area (Å²) < 4.78 is 0. The Kier molecular flexibility index (Phi) is 5.48. The smallest absolute Gasteiger partial charge is 0.206 e. The lowest BCUT2D eigenvalue weighted by Gasteiger charge is -2.24. The van der Waals surface area contributed by atoms with E-state index in [1.807, 2.05) is 24.3 Å². The molecule has 0 atom stereocenters. The van der Waals surface area contributed by atoms with Crippen molar-refractivity contribution in [2.75, 3.05) is 0 Å². The van der Waals surface area contributed by atoms with E-state index >= 15 is 0 Å². The highest BCUT2D eigenvalue weighted by Crippen LogP contribution is 2.17. The number of rotatable bonds is 3. The van der Waals surface area contributed by atoms with Crippen molar-refractivity contribution >= 4 is 17.6 Å². The number of hydrogen-bond donors (Lipinski definition) is 3. The summed E-state index contributed by atoms with van der Waals surface area (Å²) in [5.74, 6) is 6.17. The lowest BCUT2D eigenvalue weighted by molar-refractivity contribution is 0.410. The highest BCUT2D eigenvalue weighted by Gasteiger charge is 2.13. The highest BCUT2D eigenvalue weighted by molar-refractivity contribution is 6.30. The fourth-order valence-corrected chi connectivity index (χ4v) is 2.59. The summed E-state index contributed by atoms with van der Waals surface area (Å²) in [5.41, 5.74) is 3.71. The Hall–Kier alpha value is -1.26. The van der Waals surface area contributed by atoms with E-state index in [9.17, 15) is 0 Å². The zero-order chi connectivity index (χ0) is 13.5. The molecule has 2 rings (SSSR count). The molecule has 0 spiro atoms. The molecule has 5 heteroatoms. The molecule has 4 nitrogen and oxygen atoms in total. The minimum Gasteiger partial charge on any atom is -0.353 e. The maximum atomic E-state index is 5.95. The van der Waals surface area contributed by atoms with Crippen LogP contribution in [0.25, 0.3) is 0 Å². The van der Waals surface area contributed by atoms with E-state index in [-0.39, 0.29) is 0 Å². The molecule has 1 aromatic carbocycles. The predicted molar refractivity (Wildman–Crippen MR) is 79.9 cm³/mol. The van der Waals surface area contributed by atoms with Crippen molar-refractivity contribution in [3.63, 3.8) is 0 Å². The van der Waals surface area contributed by atoms with Crippen molar-refractivity contribution in [2.24, 2.45) is 10.8 Å². The van der Waals surface area contributed by atoms with E-state index < -0.39 is 0 Å². The Morgan fingerprint density at radius 3 is 2.79 bits per heavy atom. The molecule has 1 aromatic rings. The predicted octanol–water partition coefficient (Wildman–Crippen LogP) is 2.58. The summed E-state index contributed by atoms with van der Waals surface area (Å²) >= 11 is 5.95. The van der Waals surface area contributed by atoms with Gasteiger partial charge in [-0.25, -0.2) is 10.8 Å². The SMILES string of the molecule is NNC(=NCc1cccc(Cl)c1)NC1CCCCC1. The zero-order valence-electron chi connectivity index (χ0n) is 11.0. The molecule has 1 aliphatic carbocycles. The van der Waals surface area contributed by atoms with Crippen LogP contribution in [0.5, 0.6) is 0 Å². The van der Waals surface area contributed by atoms with Gasteiger partial charge in [0.2, 0.25) is 5.96 Å². The van der Waals surface area contributed by atoms with Crippen LogP contribution >= 0.6 is 11.6 Å². The van der Waals surface area contributed by atoms with Gasteiger partial charge in [-0.15, -0.1) is 0 Å². The second-order valence-corrected chi connectivity index (χ2v) is 5.35. The van der Waals surface area contributed by atoms with E-state index in [0.29, 0.717) is 18.5 Å². The van der Waals surface area contributed by atoms with Crippen LogP contribution < -0.4 is 16.6 Å². The lowest BCUT2D eigenvalue weighted by atomic mass is 9.96. The molecule has 0 amide bonds. The van der Waals surface area contributed by atoms with Crippen LogP contribution in [0, 0.1) is 0 Å². The van der Waals surface area contributed by atoms with E-state index in [2.05, 4.69) is 15.7 Å². The monoisotopic (exact) mass is 280 g/mol. The number of halogens is 1. The van der Waals surface area contributed by atoms with Crippen molar-refractivity contribution in [1.82, 2.24) is 10.7 Å². The number of aliphatic imine (C=N–C) groups is 1. The Bertz CT molecular complexity index is 427. The first kappa shape index (κ1) is 14.2. The van der Waals surface area contributed by atoms with Gasteiger partial charge in [0.25, 0.3) is 0 Å². The second-order valence-electron chi connectivity index (χ2n) is 4.92. The van der Waals surface area contributed by atoms with Crippen LogP contribution in [-0.4, -0.2) is 12.0 Å². The first-order valence-corrected chi connectivity index (χ1v) is 7.18. The van der Waals surface area contributed by atoms with Gasteiger partial charge in [0, 0.05) is 11.1 Å². The summed E-state index contributed by atoms with van der Waals surface area (Å²) in [6.45, 7) is 0.569. The lowest BCUT2D eigenvalue weighted by Crippen LogP contribution is -2.47. The molecule has 0 unspecified atom stereocenters. The Labute approximate surface area is 119 Å². The van der Waals surface area contributed by atoms with E-state index in [1.54, 1.807) is 0 Å². The van der Waals surface area contributed by atoms with Gasteiger partial charge < -0.3 is 5.32 Å². The molecule has 19 heavy (non-hydrogen) atoms. The van der Waals surface area contributed by atoms with Gasteiger partial charge >= 0.3 is 0 Å². The van der Waals surface area contributed by atoms with Gasteiger partial charge in [-0.05, 0) is 30.5 Å². The van der Waals surface area contributed by atoms with Crippen molar-refractivity contribution in [2.45, 2.75) is 44.7 Å². The third kappa shape index (κ3) is 4.73. The summed E-state index contributed by atoms with van der Waals surface area (Å²) in [7, 11) is 0. The normalized spacial score (nSPS) is 17.3. The first-order valence-electron chi connectivity index (χ1n) is 6.80. The van der Waals surface area contributed by atoms with Crippen molar-refractivity contribution in [3.05, 3.63) is 34.9 Å². The Morgan fingerprint density at radius 2 is 2.11 bits per heavy atom. The number of benzene rings is 1. The molecule has 0 radical (unpaired) electrons. The van der Waals surface area contributed by atoms with Crippen molar-refractivity contribution < 1.29 is 0 Å². The molecule has 104 valence electrons. The quantitative estimate of drug-likeness (QED) is 0.345. The van der Waals surface area contributed by atoms with Crippen LogP contribution in [0.3, 0.4) is 0 Å². The summed E-state index contributed by atoms with van der Waals surface area (Å²) in [6.07, 6.45) is 6.28. The van der Waals surface area contributed by atoms with Gasteiger partial charge in [0.1, 0.15) is 0 Å². The van der Waals surface area contributed by atoms with E-state index in [0.717, 1.165) is 10.6 Å². The van der Waals surface area contributed by atoms with Crippen LogP contribution in [0.2, 0.25) is 5.02 Å². The average molecular weight is 281 g/mol. The summed E-state index contributed by atoms with van der Waals surface area (Å²) in [6, 6.07) is 8.20. The average Bonchev–Trinajstić information content (AvgIpc) is 2.44. The summed E-state index contributed by atoms with van der Waals surface area (Å²) in [5, 5.41) is 4.10. The molecule has 4 N–H and O–H groups in total. The minimum absolute atomic E-state index is 0.489. The van der Waals surface area contributed by atoms with Gasteiger partial charge in [-0.2, -0.15) is 0 Å². The molecule has 1 saturated carbocycles. The van der Waals surface area contributed by atoms with Gasteiger partial charge in [0.05, 0.1) is 6.54 Å². The molecule has 1 fully saturated rings. The van der Waals surface area contributed by atoms with Crippen molar-refractivity contribution in [3.8, 4) is 0 Å². The van der Waals surface area contributed by atoms with Gasteiger partial charge in [-0.3, -0.25) is 5.43 Å². The topological polar surface area (TPSA) is 62.4 Å². The molecule has 1 aliphatic rings. The van der Waals surface area contributed by atoms with Crippen LogP contribution in [-0.2, 0) is 6.54 Å². The molecule has 0 aliphatic heterocycles. The van der Waals surface area contributed by atoms with E-state index in [1.165, 1.54) is 32.1 Å². The Morgan fingerprint density at radius 1 is 1.32 bits per heavy atom. The number of nitrogens with zero attached hydrogens (tertiary/aromatic N) is 1. The second kappa shape index (κ2) is 7.36. The van der Waals surface area contributed by atoms with Crippen LogP contribution in [0.1, 0.15) is 37.7 Å². The Balaban J connectivity index is 1.91. The minimum atomic E-state index is 0.489. The molecular weight excluding hydrogens is 260 g/mol. The van der Waals surface area contributed by atoms with Crippen molar-refractivity contribution in [1.29, 1.82) is 0 Å². The number of hydrogen-bond acceptors (Lipinski definition) is 2. The van der Waals surface area contributed by atoms with E-state index in [4.69, 9.17) is 17.4 Å². The molecular formula is C14H21ClN4. The fourth-order valence-electron chi connectivity index (χ4n) is 2.38. The van der Waals surface area contributed by atoms with Gasteiger partial charge in [0.15, 0.2) is 0 Å². The molecule has 0 aromatic heterocycles. The number of nitrogens with one attached hydrogen (secondary N) is 2. The maximum absolute atomic E-state index is 5.95. The molecule has 0 bridgehead atoms. The fraction of sp³-hybridized carbons (Fsp3) is 0.500. The third-order valence-corrected chi connectivity index (χ3v) is 3.63. The number of guanidine groups is 1. The number of hydrazine groups is 1. The molecule has 0 heterocycles. The highest BCUT2D eigenvalue weighted by atomic mass is 35.5. The van der Waals surface area contributed by atoms with Crippen LogP contribution in [0.4, 0.5) is 0 Å². The summed E-state index contributed by atoms with van der Waals surface area (Å²) in [4.78, 5) is 4.46. The zero-order valence-corrected chi connectivity index (χ0v) is 11.8. The van der Waals surface area contributed by atoms with Crippen LogP contribution in [0.15, 0.2) is 29.3 Å². The third-order valence-electron chi connectivity index (χ3n) is 3.39. The number of nitrogens with two attached hydrogens (primary N) is 1. The van der Waals surface area contributed by atoms with Gasteiger partial charge in [-0.1, -0.05) is 43.0 Å². The first-order chi connectivity index (χ1) is 9.28. The molecule has 0 saturated heterocycles.